The van der Waals surface area contributed by atoms with Crippen LogP contribution in [0.4, 0.5) is 5.69 Å². The summed E-state index contributed by atoms with van der Waals surface area (Å²) in [5.74, 6) is 0.354. The highest BCUT2D eigenvalue weighted by Crippen LogP contribution is 2.37. The molecule has 1 unspecified atom stereocenters. The maximum Gasteiger partial charge on any atom is 0.252 e. The van der Waals surface area contributed by atoms with E-state index in [0.29, 0.717) is 25.9 Å². The molecule has 9 heteroatoms. The van der Waals surface area contributed by atoms with E-state index in [1.807, 2.05) is 41.0 Å². The van der Waals surface area contributed by atoms with Crippen molar-refractivity contribution in [2.45, 2.75) is 25.4 Å². The molecule has 4 heterocycles. The molecule has 2 saturated heterocycles. The Morgan fingerprint density at radius 3 is 2.53 bits per heavy atom. The quantitative estimate of drug-likeness (QED) is 0.291. The molecule has 2 aromatic heterocycles. The molecule has 6 rings (SSSR count). The average molecular weight is 512 g/mol. The second-order valence-corrected chi connectivity index (χ2v) is 9.80. The first-order valence-electron chi connectivity index (χ1n) is 12.9. The zero-order valence-corrected chi connectivity index (χ0v) is 21.2. The molecule has 0 spiro atoms. The van der Waals surface area contributed by atoms with Crippen molar-refractivity contribution in [2.24, 2.45) is 0 Å². The van der Waals surface area contributed by atoms with Gasteiger partial charge in [-0.2, -0.15) is 0 Å². The monoisotopic (exact) mass is 511 g/mol. The van der Waals surface area contributed by atoms with Crippen LogP contribution >= 0.6 is 0 Å². The number of nitrogens with zero attached hydrogens (tertiary/aromatic N) is 5. The van der Waals surface area contributed by atoms with Crippen LogP contribution in [-0.4, -0.2) is 70.9 Å². The Bertz CT molecular complexity index is 1520. The van der Waals surface area contributed by atoms with Gasteiger partial charge in [0.1, 0.15) is 17.4 Å². The van der Waals surface area contributed by atoms with Crippen molar-refractivity contribution < 1.29 is 19.1 Å². The van der Waals surface area contributed by atoms with Gasteiger partial charge in [-0.15, -0.1) is 0 Å². The highest BCUT2D eigenvalue weighted by atomic mass is 16.5. The molecule has 4 aromatic rings. The number of piperazine rings is 1. The molecule has 2 aliphatic rings. The number of amides is 3. The standard InChI is InChI=1S/C29H29N5O4/c1-38-22-7-4-20(5-8-22)18-33-27(36)11-10-26(29(33)37)34-25-9-6-21(32-15-13-31(19-35)14-16-32)17-24(25)23-3-2-12-30-28(23)34/h2-9,12,17,19,26H,10-11,13-16,18H2,1H3. The zero-order chi connectivity index (χ0) is 26.2. The average Bonchev–Trinajstić information content (AvgIpc) is 3.29. The summed E-state index contributed by atoms with van der Waals surface area (Å²) in [5, 5.41) is 2.00. The second-order valence-electron chi connectivity index (χ2n) is 9.80. The van der Waals surface area contributed by atoms with Crippen LogP contribution in [0.2, 0.25) is 0 Å². The first kappa shape index (κ1) is 24.0. The summed E-state index contributed by atoms with van der Waals surface area (Å²) in [6, 6.07) is 17.1. The van der Waals surface area contributed by atoms with Gasteiger partial charge >= 0.3 is 0 Å². The third-order valence-electron chi connectivity index (χ3n) is 7.67. The summed E-state index contributed by atoms with van der Waals surface area (Å²) in [6.07, 6.45) is 3.37. The minimum Gasteiger partial charge on any atom is -0.497 e. The number of pyridine rings is 1. The first-order valence-corrected chi connectivity index (χ1v) is 12.9. The predicted octanol–water partition coefficient (Wildman–Crippen LogP) is 3.37. The normalized spacial score (nSPS) is 18.4. The fourth-order valence-corrected chi connectivity index (χ4v) is 5.60. The van der Waals surface area contributed by atoms with Gasteiger partial charge in [-0.25, -0.2) is 4.98 Å². The van der Waals surface area contributed by atoms with E-state index in [2.05, 4.69) is 28.1 Å². The number of rotatable bonds is 6. The van der Waals surface area contributed by atoms with Crippen LogP contribution < -0.4 is 9.64 Å². The lowest BCUT2D eigenvalue weighted by Crippen LogP contribution is -2.45. The minimum atomic E-state index is -0.525. The van der Waals surface area contributed by atoms with Crippen molar-refractivity contribution >= 4 is 45.8 Å². The number of carbonyl (C=O) groups excluding carboxylic acids is 3. The van der Waals surface area contributed by atoms with Gasteiger partial charge in [-0.1, -0.05) is 12.1 Å². The predicted molar refractivity (Wildman–Crippen MR) is 144 cm³/mol. The van der Waals surface area contributed by atoms with Crippen LogP contribution in [0.3, 0.4) is 0 Å². The highest BCUT2D eigenvalue weighted by Gasteiger charge is 2.37. The molecular weight excluding hydrogens is 482 g/mol. The number of hydrogen-bond donors (Lipinski definition) is 0. The van der Waals surface area contributed by atoms with Crippen LogP contribution in [0, 0.1) is 0 Å². The van der Waals surface area contributed by atoms with Gasteiger partial charge in [0.05, 0.1) is 19.2 Å². The van der Waals surface area contributed by atoms with Crippen LogP contribution in [-0.2, 0) is 20.9 Å². The number of benzene rings is 2. The van der Waals surface area contributed by atoms with E-state index in [1.165, 1.54) is 4.90 Å². The van der Waals surface area contributed by atoms with Gasteiger partial charge in [0.15, 0.2) is 0 Å². The molecule has 1 atom stereocenters. The number of likely N-dealkylation sites (tertiary alicyclic amines) is 1. The molecule has 3 amide bonds. The van der Waals surface area contributed by atoms with Crippen LogP contribution in [0.25, 0.3) is 21.9 Å². The Hall–Kier alpha value is -4.40. The SMILES string of the molecule is COc1ccc(CN2C(=O)CCC(n3c4ccc(N5CCN(C=O)CC5)cc4c4cccnc43)C2=O)cc1. The molecule has 2 aliphatic heterocycles. The molecule has 194 valence electrons. The summed E-state index contributed by atoms with van der Waals surface area (Å²) in [4.78, 5) is 47.9. The summed E-state index contributed by atoms with van der Waals surface area (Å²) in [5.41, 5.74) is 3.61. The molecule has 2 fully saturated rings. The highest BCUT2D eigenvalue weighted by molar-refractivity contribution is 6.09. The molecule has 0 N–H and O–H groups in total. The Balaban J connectivity index is 1.36. The number of anilines is 1. The van der Waals surface area contributed by atoms with Crippen molar-refractivity contribution in [1.29, 1.82) is 0 Å². The lowest BCUT2D eigenvalue weighted by molar-refractivity contribution is -0.151. The second kappa shape index (κ2) is 9.81. The zero-order valence-electron chi connectivity index (χ0n) is 21.2. The maximum atomic E-state index is 13.8. The number of imide groups is 1. The number of carbonyl (C=O) groups is 3. The Labute approximate surface area is 220 Å². The van der Waals surface area contributed by atoms with Crippen molar-refractivity contribution in [3.8, 4) is 5.75 Å². The fourth-order valence-electron chi connectivity index (χ4n) is 5.60. The van der Waals surface area contributed by atoms with Gasteiger partial charge in [0.2, 0.25) is 12.3 Å². The van der Waals surface area contributed by atoms with E-state index in [4.69, 9.17) is 4.74 Å². The molecule has 0 radical (unpaired) electrons. The lowest BCUT2D eigenvalue weighted by Gasteiger charge is -2.34. The Morgan fingerprint density at radius 1 is 1.00 bits per heavy atom. The number of methoxy groups -OCH3 is 1. The first-order chi connectivity index (χ1) is 18.6. The number of ether oxygens (including phenoxy) is 1. The van der Waals surface area contributed by atoms with Crippen molar-refractivity contribution in [2.75, 3.05) is 38.2 Å². The van der Waals surface area contributed by atoms with E-state index in [0.717, 1.165) is 58.4 Å². The third kappa shape index (κ3) is 4.13. The van der Waals surface area contributed by atoms with Gasteiger partial charge in [0, 0.05) is 55.3 Å². The maximum absolute atomic E-state index is 13.8. The smallest absolute Gasteiger partial charge is 0.252 e. The van der Waals surface area contributed by atoms with E-state index in [9.17, 15) is 14.4 Å². The molecule has 0 aliphatic carbocycles. The lowest BCUT2D eigenvalue weighted by atomic mass is 10.0. The molecule has 38 heavy (non-hydrogen) atoms. The molecular formula is C29H29N5O4. The largest absolute Gasteiger partial charge is 0.497 e. The summed E-state index contributed by atoms with van der Waals surface area (Å²) < 4.78 is 7.24. The van der Waals surface area contributed by atoms with E-state index >= 15 is 0 Å². The van der Waals surface area contributed by atoms with Gasteiger partial charge in [-0.05, 0) is 54.4 Å². The number of hydrogen-bond acceptors (Lipinski definition) is 6. The summed E-state index contributed by atoms with van der Waals surface area (Å²) >= 11 is 0. The fraction of sp³-hybridized carbons (Fsp3) is 0.310. The van der Waals surface area contributed by atoms with Crippen LogP contribution in [0.5, 0.6) is 5.75 Å². The number of fused-ring (bicyclic) bond motifs is 3. The van der Waals surface area contributed by atoms with Crippen molar-refractivity contribution in [1.82, 2.24) is 19.4 Å². The molecule has 2 aromatic carbocycles. The van der Waals surface area contributed by atoms with E-state index in [1.54, 1.807) is 18.2 Å². The topological polar surface area (TPSA) is 88.0 Å². The summed E-state index contributed by atoms with van der Waals surface area (Å²) in [7, 11) is 1.60. The number of aromatic nitrogens is 2. The molecule has 0 bridgehead atoms. The Morgan fingerprint density at radius 2 is 1.79 bits per heavy atom. The number of piperidine rings is 1. The summed E-state index contributed by atoms with van der Waals surface area (Å²) in [6.45, 7) is 3.15. The van der Waals surface area contributed by atoms with Crippen LogP contribution in [0.15, 0.2) is 60.8 Å². The van der Waals surface area contributed by atoms with E-state index in [-0.39, 0.29) is 18.4 Å². The van der Waals surface area contributed by atoms with Crippen molar-refractivity contribution in [3.63, 3.8) is 0 Å². The van der Waals surface area contributed by atoms with Gasteiger partial charge in [-0.3, -0.25) is 19.3 Å². The van der Waals surface area contributed by atoms with Gasteiger partial charge in [0.25, 0.3) is 5.91 Å². The molecule has 9 nitrogen and oxygen atoms in total. The van der Waals surface area contributed by atoms with E-state index < -0.39 is 6.04 Å². The molecule has 0 saturated carbocycles. The van der Waals surface area contributed by atoms with Crippen LogP contribution in [0.1, 0.15) is 24.4 Å². The third-order valence-corrected chi connectivity index (χ3v) is 7.67. The van der Waals surface area contributed by atoms with Gasteiger partial charge < -0.3 is 19.1 Å². The minimum absolute atomic E-state index is 0.160. The Kier molecular flexibility index (Phi) is 6.19. The van der Waals surface area contributed by atoms with Crippen molar-refractivity contribution in [3.05, 3.63) is 66.4 Å².